The number of nitriles is 1. The average Bonchev–Trinajstić information content (AvgIpc) is 2.35. The summed E-state index contributed by atoms with van der Waals surface area (Å²) in [6.07, 6.45) is 0. The molecular formula is C13H14N2O2. The third-order valence-corrected chi connectivity index (χ3v) is 2.34. The number of nitrogens with one attached hydrogen (secondary N) is 1. The molecule has 0 aromatic heterocycles. The van der Waals surface area contributed by atoms with Crippen LogP contribution in [0, 0.1) is 17.2 Å². The molecule has 0 heterocycles. The Morgan fingerprint density at radius 3 is 2.35 bits per heavy atom. The zero-order chi connectivity index (χ0) is 12.8. The van der Waals surface area contributed by atoms with Gasteiger partial charge in [-0.15, -0.1) is 0 Å². The summed E-state index contributed by atoms with van der Waals surface area (Å²) in [4.78, 5) is 22.9. The lowest BCUT2D eigenvalue weighted by atomic mass is 10.1. The van der Waals surface area contributed by atoms with E-state index in [-0.39, 0.29) is 24.2 Å². The third kappa shape index (κ3) is 3.72. The van der Waals surface area contributed by atoms with Gasteiger partial charge < -0.3 is 5.32 Å². The highest BCUT2D eigenvalue weighted by Gasteiger charge is 2.10. The molecule has 1 aromatic rings. The van der Waals surface area contributed by atoms with Crippen molar-refractivity contribution in [3.63, 3.8) is 0 Å². The number of nitrogens with zero attached hydrogens (tertiary/aromatic N) is 1. The first-order chi connectivity index (χ1) is 8.04. The highest BCUT2D eigenvalue weighted by molar-refractivity contribution is 5.97. The summed E-state index contributed by atoms with van der Waals surface area (Å²) in [5, 5.41) is 11.2. The Morgan fingerprint density at radius 2 is 1.88 bits per heavy atom. The summed E-state index contributed by atoms with van der Waals surface area (Å²) in [5.41, 5.74) is 0.945. The molecule has 0 radical (unpaired) electrons. The van der Waals surface area contributed by atoms with Crippen LogP contribution in [0.3, 0.4) is 0 Å². The van der Waals surface area contributed by atoms with Gasteiger partial charge in [0.05, 0.1) is 18.2 Å². The van der Waals surface area contributed by atoms with Crippen LogP contribution < -0.4 is 5.32 Å². The van der Waals surface area contributed by atoms with E-state index in [0.29, 0.717) is 11.1 Å². The maximum absolute atomic E-state index is 11.6. The second-order valence-electron chi connectivity index (χ2n) is 3.99. The highest BCUT2D eigenvalue weighted by Crippen LogP contribution is 2.03. The maximum atomic E-state index is 11.6. The predicted molar refractivity (Wildman–Crippen MR) is 63.3 cm³/mol. The van der Waals surface area contributed by atoms with Crippen molar-refractivity contribution in [1.82, 2.24) is 5.32 Å². The Hall–Kier alpha value is -2.15. The molecule has 4 nitrogen and oxygen atoms in total. The van der Waals surface area contributed by atoms with Gasteiger partial charge in [-0.1, -0.05) is 13.8 Å². The maximum Gasteiger partial charge on any atom is 0.251 e. The summed E-state index contributed by atoms with van der Waals surface area (Å²) < 4.78 is 0. The molecule has 4 heteroatoms. The van der Waals surface area contributed by atoms with Crippen LogP contribution in [-0.4, -0.2) is 18.2 Å². The second-order valence-corrected chi connectivity index (χ2v) is 3.99. The fourth-order valence-corrected chi connectivity index (χ4v) is 1.17. The van der Waals surface area contributed by atoms with E-state index in [1.54, 1.807) is 38.1 Å². The number of amides is 1. The number of benzene rings is 1. The minimum absolute atomic E-state index is 0.00741. The normalized spacial score (nSPS) is 9.76. The van der Waals surface area contributed by atoms with E-state index < -0.39 is 0 Å². The summed E-state index contributed by atoms with van der Waals surface area (Å²) in [6, 6.07) is 8.24. The lowest BCUT2D eigenvalue weighted by Crippen LogP contribution is -2.31. The Bertz CT molecular complexity index is 455. The predicted octanol–water partition coefficient (Wildman–Crippen LogP) is 1.51. The van der Waals surface area contributed by atoms with E-state index in [2.05, 4.69) is 5.32 Å². The van der Waals surface area contributed by atoms with E-state index in [1.807, 2.05) is 6.07 Å². The number of hydrogen-bond acceptors (Lipinski definition) is 3. The van der Waals surface area contributed by atoms with Gasteiger partial charge in [-0.25, -0.2) is 0 Å². The number of carbonyl (C=O) groups is 2. The van der Waals surface area contributed by atoms with Crippen molar-refractivity contribution in [3.8, 4) is 6.07 Å². The quantitative estimate of drug-likeness (QED) is 0.852. The van der Waals surface area contributed by atoms with Crippen LogP contribution in [0.2, 0.25) is 0 Å². The van der Waals surface area contributed by atoms with E-state index in [9.17, 15) is 9.59 Å². The minimum atomic E-state index is -0.302. The van der Waals surface area contributed by atoms with Crippen molar-refractivity contribution in [2.75, 3.05) is 6.54 Å². The minimum Gasteiger partial charge on any atom is -0.345 e. The van der Waals surface area contributed by atoms with Gasteiger partial charge in [0.15, 0.2) is 5.78 Å². The lowest BCUT2D eigenvalue weighted by molar-refractivity contribution is -0.120. The van der Waals surface area contributed by atoms with Crippen LogP contribution >= 0.6 is 0 Å². The Kier molecular flexibility index (Phi) is 4.41. The van der Waals surface area contributed by atoms with Crippen molar-refractivity contribution in [1.29, 1.82) is 5.26 Å². The Labute approximate surface area is 100 Å². The first kappa shape index (κ1) is 12.9. The first-order valence-corrected chi connectivity index (χ1v) is 5.35. The van der Waals surface area contributed by atoms with Gasteiger partial charge in [0.2, 0.25) is 0 Å². The third-order valence-electron chi connectivity index (χ3n) is 2.34. The second kappa shape index (κ2) is 5.80. The zero-order valence-corrected chi connectivity index (χ0v) is 9.86. The van der Waals surface area contributed by atoms with Gasteiger partial charge in [-0.3, -0.25) is 9.59 Å². The molecule has 1 amide bonds. The van der Waals surface area contributed by atoms with Gasteiger partial charge in [-0.2, -0.15) is 5.26 Å². The molecular weight excluding hydrogens is 216 g/mol. The zero-order valence-electron chi connectivity index (χ0n) is 9.86. The Balaban J connectivity index is 2.59. The van der Waals surface area contributed by atoms with Crippen LogP contribution in [-0.2, 0) is 4.79 Å². The molecule has 0 saturated carbocycles. The van der Waals surface area contributed by atoms with Gasteiger partial charge in [0.1, 0.15) is 0 Å². The summed E-state index contributed by atoms with van der Waals surface area (Å²) >= 11 is 0. The standard InChI is InChI=1S/C13H14N2O2/c1-9(2)12(16)8-15-13(17)11-5-3-10(7-14)4-6-11/h3-6,9H,8H2,1-2H3,(H,15,17). The van der Waals surface area contributed by atoms with Crippen molar-refractivity contribution < 1.29 is 9.59 Å². The lowest BCUT2D eigenvalue weighted by Gasteiger charge is -2.06. The molecule has 0 atom stereocenters. The monoisotopic (exact) mass is 230 g/mol. The van der Waals surface area contributed by atoms with Crippen molar-refractivity contribution in [3.05, 3.63) is 35.4 Å². The van der Waals surface area contributed by atoms with Crippen LogP contribution in [0.5, 0.6) is 0 Å². The SMILES string of the molecule is CC(C)C(=O)CNC(=O)c1ccc(C#N)cc1. The molecule has 0 aliphatic heterocycles. The number of carbonyl (C=O) groups excluding carboxylic acids is 2. The highest BCUT2D eigenvalue weighted by atomic mass is 16.2. The summed E-state index contributed by atoms with van der Waals surface area (Å²) in [6.45, 7) is 3.61. The molecule has 17 heavy (non-hydrogen) atoms. The molecule has 0 bridgehead atoms. The number of hydrogen-bond donors (Lipinski definition) is 1. The molecule has 0 saturated heterocycles. The molecule has 0 spiro atoms. The molecule has 0 aliphatic carbocycles. The number of rotatable bonds is 4. The largest absolute Gasteiger partial charge is 0.345 e. The molecule has 0 aliphatic rings. The molecule has 1 aromatic carbocycles. The Morgan fingerprint density at radius 1 is 1.29 bits per heavy atom. The van der Waals surface area contributed by atoms with Crippen LogP contribution in [0.25, 0.3) is 0 Å². The molecule has 88 valence electrons. The van der Waals surface area contributed by atoms with Crippen molar-refractivity contribution in [2.24, 2.45) is 5.92 Å². The number of ketones is 1. The van der Waals surface area contributed by atoms with Gasteiger partial charge in [0.25, 0.3) is 5.91 Å². The van der Waals surface area contributed by atoms with E-state index in [1.165, 1.54) is 0 Å². The molecule has 0 unspecified atom stereocenters. The molecule has 1 N–H and O–H groups in total. The van der Waals surface area contributed by atoms with Gasteiger partial charge in [0, 0.05) is 11.5 Å². The van der Waals surface area contributed by atoms with Crippen molar-refractivity contribution >= 4 is 11.7 Å². The fraction of sp³-hybridized carbons (Fsp3) is 0.308. The smallest absolute Gasteiger partial charge is 0.251 e. The van der Waals surface area contributed by atoms with Gasteiger partial charge >= 0.3 is 0 Å². The van der Waals surface area contributed by atoms with Crippen LogP contribution in [0.15, 0.2) is 24.3 Å². The fourth-order valence-electron chi connectivity index (χ4n) is 1.17. The molecule has 0 fully saturated rings. The van der Waals surface area contributed by atoms with Crippen LogP contribution in [0.4, 0.5) is 0 Å². The number of Topliss-reactive ketones (excluding diaryl/α,β-unsaturated/α-hetero) is 1. The molecule has 1 rings (SSSR count). The first-order valence-electron chi connectivity index (χ1n) is 5.35. The van der Waals surface area contributed by atoms with Crippen LogP contribution in [0.1, 0.15) is 29.8 Å². The van der Waals surface area contributed by atoms with E-state index in [0.717, 1.165) is 0 Å². The average molecular weight is 230 g/mol. The van der Waals surface area contributed by atoms with Crippen molar-refractivity contribution in [2.45, 2.75) is 13.8 Å². The van der Waals surface area contributed by atoms with E-state index >= 15 is 0 Å². The van der Waals surface area contributed by atoms with E-state index in [4.69, 9.17) is 5.26 Å². The summed E-state index contributed by atoms with van der Waals surface area (Å²) in [5.74, 6) is -0.397. The summed E-state index contributed by atoms with van der Waals surface area (Å²) in [7, 11) is 0. The van der Waals surface area contributed by atoms with Gasteiger partial charge in [-0.05, 0) is 24.3 Å². The topological polar surface area (TPSA) is 70.0 Å².